The van der Waals surface area contributed by atoms with Crippen molar-refractivity contribution in [2.24, 2.45) is 0 Å². The van der Waals surface area contributed by atoms with Crippen LogP contribution in [0.5, 0.6) is 0 Å². The Bertz CT molecular complexity index is 539. The van der Waals surface area contributed by atoms with E-state index in [1.165, 1.54) is 12.8 Å². The molecule has 0 aliphatic carbocycles. The summed E-state index contributed by atoms with van der Waals surface area (Å²) in [5.74, 6) is 0.293. The van der Waals surface area contributed by atoms with Gasteiger partial charge in [-0.15, -0.1) is 5.10 Å². The lowest BCUT2D eigenvalue weighted by molar-refractivity contribution is 0.353. The lowest BCUT2D eigenvalue weighted by Gasteiger charge is -2.35. The Labute approximate surface area is 104 Å². The first-order chi connectivity index (χ1) is 8.63. The zero-order valence-electron chi connectivity index (χ0n) is 10.3. The van der Waals surface area contributed by atoms with Crippen molar-refractivity contribution in [2.45, 2.75) is 43.8 Å². The fourth-order valence-electron chi connectivity index (χ4n) is 3.10. The summed E-state index contributed by atoms with van der Waals surface area (Å²) in [4.78, 5) is 26.8. The van der Waals surface area contributed by atoms with Crippen LogP contribution in [0.25, 0.3) is 0 Å². The predicted octanol–water partition coefficient (Wildman–Crippen LogP) is -0.823. The topological polar surface area (TPSA) is 93.9 Å². The van der Waals surface area contributed by atoms with Gasteiger partial charge in [0, 0.05) is 25.2 Å². The quantitative estimate of drug-likeness (QED) is 0.638. The van der Waals surface area contributed by atoms with E-state index in [1.54, 1.807) is 0 Å². The van der Waals surface area contributed by atoms with Crippen LogP contribution in [-0.4, -0.2) is 40.4 Å². The van der Waals surface area contributed by atoms with E-state index in [0.717, 1.165) is 12.8 Å². The highest BCUT2D eigenvalue weighted by Crippen LogP contribution is 2.29. The molecule has 98 valence electrons. The normalized spacial score (nSPS) is 30.4. The standard InChI is InChI=1S/C11H17N5O2/c1-16(9-10(17)13-11(18)15-14-9)8-4-6-2-3-7(5-8)12-6/h6-8,12H,2-5H2,1H3,(H2,13,15,17,18). The Balaban J connectivity index is 1.84. The summed E-state index contributed by atoms with van der Waals surface area (Å²) >= 11 is 0. The molecule has 0 saturated carbocycles. The van der Waals surface area contributed by atoms with Crippen molar-refractivity contribution in [3.63, 3.8) is 0 Å². The molecule has 3 rings (SSSR count). The molecule has 1 aromatic rings. The molecule has 2 unspecified atom stereocenters. The number of aromatic nitrogens is 3. The molecule has 0 aromatic carbocycles. The van der Waals surface area contributed by atoms with Crippen molar-refractivity contribution < 1.29 is 0 Å². The molecule has 2 aliphatic heterocycles. The third-order valence-corrected chi connectivity index (χ3v) is 4.02. The summed E-state index contributed by atoms with van der Waals surface area (Å²) in [5.41, 5.74) is -0.991. The Morgan fingerprint density at radius 2 is 1.89 bits per heavy atom. The van der Waals surface area contributed by atoms with E-state index in [9.17, 15) is 9.59 Å². The molecular formula is C11H17N5O2. The van der Waals surface area contributed by atoms with Gasteiger partial charge in [-0.1, -0.05) is 0 Å². The van der Waals surface area contributed by atoms with Crippen LogP contribution in [0.2, 0.25) is 0 Å². The molecule has 0 radical (unpaired) electrons. The van der Waals surface area contributed by atoms with Crippen molar-refractivity contribution in [2.75, 3.05) is 11.9 Å². The molecule has 2 aliphatic rings. The Hall–Kier alpha value is -1.63. The smallest absolute Gasteiger partial charge is 0.342 e. The van der Waals surface area contributed by atoms with Crippen molar-refractivity contribution in [3.8, 4) is 0 Å². The molecule has 3 N–H and O–H groups in total. The van der Waals surface area contributed by atoms with Crippen LogP contribution in [0.15, 0.2) is 9.59 Å². The van der Waals surface area contributed by atoms with Crippen LogP contribution in [-0.2, 0) is 0 Å². The monoisotopic (exact) mass is 251 g/mol. The molecule has 7 heteroatoms. The van der Waals surface area contributed by atoms with Gasteiger partial charge in [-0.25, -0.2) is 9.89 Å². The molecule has 2 bridgehead atoms. The Kier molecular flexibility index (Phi) is 2.70. The van der Waals surface area contributed by atoms with E-state index < -0.39 is 11.2 Å². The number of rotatable bonds is 2. The Morgan fingerprint density at radius 1 is 1.22 bits per heavy atom. The minimum Gasteiger partial charge on any atom is -0.351 e. The maximum Gasteiger partial charge on any atom is 0.342 e. The lowest BCUT2D eigenvalue weighted by atomic mass is 9.99. The van der Waals surface area contributed by atoms with Gasteiger partial charge in [0.15, 0.2) is 0 Å². The largest absolute Gasteiger partial charge is 0.351 e. The molecule has 3 heterocycles. The van der Waals surface area contributed by atoms with Gasteiger partial charge in [0.25, 0.3) is 5.56 Å². The third-order valence-electron chi connectivity index (χ3n) is 4.02. The first kappa shape index (κ1) is 11.5. The number of hydrogen-bond donors (Lipinski definition) is 3. The van der Waals surface area contributed by atoms with Crippen molar-refractivity contribution in [1.82, 2.24) is 20.5 Å². The lowest BCUT2D eigenvalue weighted by Crippen LogP contribution is -2.48. The van der Waals surface area contributed by atoms with Crippen LogP contribution in [0.3, 0.4) is 0 Å². The number of hydrogen-bond acceptors (Lipinski definition) is 5. The number of piperidine rings is 1. The maximum atomic E-state index is 11.7. The Morgan fingerprint density at radius 3 is 2.50 bits per heavy atom. The number of nitrogens with zero attached hydrogens (tertiary/aromatic N) is 2. The van der Waals surface area contributed by atoms with Crippen LogP contribution in [0.4, 0.5) is 5.82 Å². The number of aromatic amines is 2. The van der Waals surface area contributed by atoms with Gasteiger partial charge in [-0.2, -0.15) is 0 Å². The highest BCUT2D eigenvalue weighted by Gasteiger charge is 2.35. The highest BCUT2D eigenvalue weighted by atomic mass is 16.2. The zero-order valence-corrected chi connectivity index (χ0v) is 10.3. The first-order valence-electron chi connectivity index (χ1n) is 6.31. The summed E-state index contributed by atoms with van der Waals surface area (Å²) in [6.07, 6.45) is 4.47. The van der Waals surface area contributed by atoms with E-state index in [0.29, 0.717) is 23.9 Å². The van der Waals surface area contributed by atoms with Gasteiger partial charge in [-0.3, -0.25) is 9.78 Å². The molecule has 0 spiro atoms. The number of H-pyrrole nitrogens is 2. The molecule has 2 atom stereocenters. The van der Waals surface area contributed by atoms with Gasteiger partial charge in [0.2, 0.25) is 5.82 Å². The first-order valence-corrected chi connectivity index (χ1v) is 6.31. The number of fused-ring (bicyclic) bond motifs is 2. The fourth-order valence-corrected chi connectivity index (χ4v) is 3.10. The van der Waals surface area contributed by atoms with Gasteiger partial charge in [0.05, 0.1) is 0 Å². The van der Waals surface area contributed by atoms with Crippen LogP contribution in [0, 0.1) is 0 Å². The molecule has 2 saturated heterocycles. The van der Waals surface area contributed by atoms with Crippen LogP contribution in [0.1, 0.15) is 25.7 Å². The second-order valence-electron chi connectivity index (χ2n) is 5.20. The number of anilines is 1. The summed E-state index contributed by atoms with van der Waals surface area (Å²) in [6, 6.07) is 1.42. The minimum absolute atomic E-state index is 0.293. The summed E-state index contributed by atoms with van der Waals surface area (Å²) in [6.45, 7) is 0. The van der Waals surface area contributed by atoms with E-state index in [4.69, 9.17) is 0 Å². The molecule has 2 fully saturated rings. The molecule has 1 aromatic heterocycles. The average Bonchev–Trinajstić information content (AvgIpc) is 2.67. The third kappa shape index (κ3) is 1.94. The maximum absolute atomic E-state index is 11.7. The van der Waals surface area contributed by atoms with E-state index in [1.807, 2.05) is 11.9 Å². The van der Waals surface area contributed by atoms with Crippen LogP contribution >= 0.6 is 0 Å². The molecular weight excluding hydrogens is 234 g/mol. The second-order valence-corrected chi connectivity index (χ2v) is 5.20. The molecule has 18 heavy (non-hydrogen) atoms. The van der Waals surface area contributed by atoms with Gasteiger partial charge in [-0.05, 0) is 25.7 Å². The minimum atomic E-state index is -0.567. The van der Waals surface area contributed by atoms with Crippen molar-refractivity contribution in [3.05, 3.63) is 20.8 Å². The SMILES string of the molecule is CN(c1n[nH]c(=O)[nH]c1=O)C1CC2CCC(C1)N2. The summed E-state index contributed by atoms with van der Waals surface area (Å²) in [5, 5.41) is 9.69. The summed E-state index contributed by atoms with van der Waals surface area (Å²) in [7, 11) is 1.87. The van der Waals surface area contributed by atoms with Crippen LogP contribution < -0.4 is 21.5 Å². The van der Waals surface area contributed by atoms with E-state index >= 15 is 0 Å². The second kappa shape index (κ2) is 4.24. The van der Waals surface area contributed by atoms with E-state index in [-0.39, 0.29) is 0 Å². The molecule has 0 amide bonds. The predicted molar refractivity (Wildman–Crippen MR) is 66.8 cm³/mol. The van der Waals surface area contributed by atoms with E-state index in [2.05, 4.69) is 20.5 Å². The van der Waals surface area contributed by atoms with Gasteiger partial charge >= 0.3 is 5.69 Å². The molecule has 7 nitrogen and oxygen atoms in total. The average molecular weight is 251 g/mol. The fraction of sp³-hybridized carbons (Fsp3) is 0.727. The van der Waals surface area contributed by atoms with Crippen molar-refractivity contribution >= 4 is 5.82 Å². The van der Waals surface area contributed by atoms with Gasteiger partial charge in [0.1, 0.15) is 0 Å². The van der Waals surface area contributed by atoms with Gasteiger partial charge < -0.3 is 10.2 Å². The summed E-state index contributed by atoms with van der Waals surface area (Å²) < 4.78 is 0. The zero-order chi connectivity index (χ0) is 12.7. The van der Waals surface area contributed by atoms with Crippen molar-refractivity contribution in [1.29, 1.82) is 0 Å². The number of nitrogens with one attached hydrogen (secondary N) is 3. The highest BCUT2D eigenvalue weighted by molar-refractivity contribution is 5.35.